The Hall–Kier alpha value is -4.44. The summed E-state index contributed by atoms with van der Waals surface area (Å²) in [5, 5.41) is 13.3. The third-order valence-corrected chi connectivity index (χ3v) is 5.99. The van der Waals surface area contributed by atoms with Gasteiger partial charge in [0.1, 0.15) is 5.75 Å². The van der Waals surface area contributed by atoms with Crippen molar-refractivity contribution < 1.29 is 19.1 Å². The largest absolute Gasteiger partial charge is 0.497 e. The molecule has 1 amide bonds. The van der Waals surface area contributed by atoms with Crippen molar-refractivity contribution in [2.24, 2.45) is 5.10 Å². The minimum atomic E-state index is -0.415. The molecule has 4 aromatic rings. The Labute approximate surface area is 212 Å². The van der Waals surface area contributed by atoms with Gasteiger partial charge < -0.3 is 9.47 Å². The number of amides is 1. The van der Waals surface area contributed by atoms with Crippen LogP contribution in [0.4, 0.5) is 0 Å². The topological polar surface area (TPSA) is 108 Å². The fourth-order valence-electron chi connectivity index (χ4n) is 3.27. The van der Waals surface area contributed by atoms with Crippen LogP contribution >= 0.6 is 11.8 Å². The normalized spacial score (nSPS) is 10.8. The molecule has 0 radical (unpaired) electrons. The van der Waals surface area contributed by atoms with Gasteiger partial charge in [0.05, 0.1) is 31.8 Å². The first kappa shape index (κ1) is 24.7. The Morgan fingerprint density at radius 2 is 1.69 bits per heavy atom. The second-order valence-electron chi connectivity index (χ2n) is 7.40. The lowest BCUT2D eigenvalue weighted by Crippen LogP contribution is -2.20. The molecule has 1 heterocycles. The molecule has 0 fully saturated rings. The molecule has 1 aromatic heterocycles. The number of nitrogens with zero attached hydrogens (tertiary/aromatic N) is 4. The van der Waals surface area contributed by atoms with E-state index in [2.05, 4.69) is 25.5 Å². The van der Waals surface area contributed by atoms with Crippen molar-refractivity contribution in [2.75, 3.05) is 20.0 Å². The molecule has 4 rings (SSSR count). The summed E-state index contributed by atoms with van der Waals surface area (Å²) in [5.74, 6) is 0.771. The monoisotopic (exact) mass is 501 g/mol. The van der Waals surface area contributed by atoms with Gasteiger partial charge in [-0.05, 0) is 42.0 Å². The van der Waals surface area contributed by atoms with Gasteiger partial charge in [-0.1, -0.05) is 54.2 Å². The van der Waals surface area contributed by atoms with Crippen LogP contribution in [0.3, 0.4) is 0 Å². The first-order valence-electron chi connectivity index (χ1n) is 10.9. The maximum Gasteiger partial charge on any atom is 0.337 e. The van der Waals surface area contributed by atoms with E-state index in [4.69, 9.17) is 4.74 Å². The van der Waals surface area contributed by atoms with Crippen molar-refractivity contribution in [2.45, 2.75) is 5.16 Å². The number of benzene rings is 3. The fourth-order valence-corrected chi connectivity index (χ4v) is 4.01. The summed E-state index contributed by atoms with van der Waals surface area (Å²) in [6, 6.07) is 23.9. The average Bonchev–Trinajstić information content (AvgIpc) is 3.36. The number of hydrogen-bond acceptors (Lipinski definition) is 8. The number of thioether (sulfide) groups is 1. The highest BCUT2D eigenvalue weighted by Crippen LogP contribution is 2.28. The maximum absolute atomic E-state index is 12.4. The number of aromatic nitrogens is 3. The van der Waals surface area contributed by atoms with E-state index in [1.54, 1.807) is 31.4 Å². The Morgan fingerprint density at radius 3 is 2.36 bits per heavy atom. The zero-order chi connectivity index (χ0) is 25.3. The molecule has 0 unspecified atom stereocenters. The van der Waals surface area contributed by atoms with E-state index in [1.165, 1.54) is 25.1 Å². The van der Waals surface area contributed by atoms with Crippen LogP contribution in [0, 0.1) is 0 Å². The Kier molecular flexibility index (Phi) is 8.09. The molecule has 9 nitrogen and oxygen atoms in total. The smallest absolute Gasteiger partial charge is 0.337 e. The van der Waals surface area contributed by atoms with Gasteiger partial charge in [0.15, 0.2) is 11.0 Å². The minimum Gasteiger partial charge on any atom is -0.497 e. The van der Waals surface area contributed by atoms with Crippen molar-refractivity contribution in [3.63, 3.8) is 0 Å². The molecule has 0 spiro atoms. The molecule has 0 saturated carbocycles. The van der Waals surface area contributed by atoms with E-state index in [-0.39, 0.29) is 11.7 Å². The van der Waals surface area contributed by atoms with Crippen molar-refractivity contribution in [1.29, 1.82) is 0 Å². The summed E-state index contributed by atoms with van der Waals surface area (Å²) < 4.78 is 11.8. The fraction of sp³-hybridized carbons (Fsp3) is 0.115. The highest BCUT2D eigenvalue weighted by molar-refractivity contribution is 7.99. The lowest BCUT2D eigenvalue weighted by Gasteiger charge is -2.11. The number of carbonyl (C=O) groups is 2. The van der Waals surface area contributed by atoms with Crippen molar-refractivity contribution in [3.05, 3.63) is 90.0 Å². The summed E-state index contributed by atoms with van der Waals surface area (Å²) in [7, 11) is 2.94. The Morgan fingerprint density at radius 1 is 0.972 bits per heavy atom. The van der Waals surface area contributed by atoms with Gasteiger partial charge >= 0.3 is 5.97 Å². The van der Waals surface area contributed by atoms with Gasteiger partial charge in [0.25, 0.3) is 5.91 Å². The third kappa shape index (κ3) is 5.97. The molecule has 0 saturated heterocycles. The molecule has 0 atom stereocenters. The van der Waals surface area contributed by atoms with Crippen molar-refractivity contribution in [3.8, 4) is 22.8 Å². The van der Waals surface area contributed by atoms with Crippen LogP contribution in [0.15, 0.2) is 89.1 Å². The van der Waals surface area contributed by atoms with Crippen LogP contribution in [0.5, 0.6) is 5.75 Å². The van der Waals surface area contributed by atoms with Gasteiger partial charge in [-0.25, -0.2) is 10.2 Å². The van der Waals surface area contributed by atoms with E-state index < -0.39 is 5.97 Å². The van der Waals surface area contributed by atoms with Crippen LogP contribution in [-0.4, -0.2) is 52.8 Å². The van der Waals surface area contributed by atoms with E-state index in [0.29, 0.717) is 16.5 Å². The number of hydrogen-bond donors (Lipinski definition) is 1. The Balaban J connectivity index is 1.45. The van der Waals surface area contributed by atoms with Crippen molar-refractivity contribution >= 4 is 29.9 Å². The summed E-state index contributed by atoms with van der Waals surface area (Å²) >= 11 is 1.25. The molecule has 1 N–H and O–H groups in total. The molecule has 36 heavy (non-hydrogen) atoms. The standard InChI is InChI=1S/C26H23N5O4S/c1-34-22-14-12-21(13-15-22)31-24(19-6-4-3-5-7-19)29-30-26(31)36-17-23(32)28-27-16-18-8-10-20(11-9-18)25(33)35-2/h3-16H,17H2,1-2H3,(H,28,32)/b27-16-. The van der Waals surface area contributed by atoms with Gasteiger partial charge in [-0.15, -0.1) is 10.2 Å². The van der Waals surface area contributed by atoms with Crippen LogP contribution in [0.1, 0.15) is 15.9 Å². The molecule has 0 aliphatic carbocycles. The van der Waals surface area contributed by atoms with E-state index in [9.17, 15) is 9.59 Å². The van der Waals surface area contributed by atoms with Crippen LogP contribution in [-0.2, 0) is 9.53 Å². The molecule has 0 aliphatic heterocycles. The quantitative estimate of drug-likeness (QED) is 0.160. The van der Waals surface area contributed by atoms with Gasteiger partial charge in [0, 0.05) is 11.3 Å². The lowest BCUT2D eigenvalue weighted by molar-refractivity contribution is -0.118. The first-order chi connectivity index (χ1) is 17.6. The average molecular weight is 502 g/mol. The van der Waals surface area contributed by atoms with E-state index in [1.807, 2.05) is 59.2 Å². The lowest BCUT2D eigenvalue weighted by atomic mass is 10.1. The zero-order valence-electron chi connectivity index (χ0n) is 19.6. The number of carbonyl (C=O) groups excluding carboxylic acids is 2. The number of esters is 1. The van der Waals surface area contributed by atoms with Gasteiger partial charge in [-0.3, -0.25) is 9.36 Å². The summed E-state index contributed by atoms with van der Waals surface area (Å²) in [6.07, 6.45) is 1.50. The molecule has 182 valence electrons. The highest BCUT2D eigenvalue weighted by Gasteiger charge is 2.17. The molecular formula is C26H23N5O4S. The van der Waals surface area contributed by atoms with Crippen LogP contribution in [0.2, 0.25) is 0 Å². The predicted octanol–water partition coefficient (Wildman–Crippen LogP) is 3.97. The minimum absolute atomic E-state index is 0.0850. The number of ether oxygens (including phenoxy) is 2. The SMILES string of the molecule is COC(=O)c1ccc(/C=N\NC(=O)CSc2nnc(-c3ccccc3)n2-c2ccc(OC)cc2)cc1. The molecule has 3 aromatic carbocycles. The molecule has 0 aliphatic rings. The zero-order valence-corrected chi connectivity index (χ0v) is 20.4. The third-order valence-electron chi connectivity index (χ3n) is 5.06. The molecular weight excluding hydrogens is 478 g/mol. The van der Waals surface area contributed by atoms with Crippen molar-refractivity contribution in [1.82, 2.24) is 20.2 Å². The summed E-state index contributed by atoms with van der Waals surface area (Å²) in [6.45, 7) is 0. The van der Waals surface area contributed by atoms with Crippen LogP contribution in [0.25, 0.3) is 17.1 Å². The second-order valence-corrected chi connectivity index (χ2v) is 8.34. The number of nitrogens with one attached hydrogen (secondary N) is 1. The molecule has 10 heteroatoms. The Bertz CT molecular complexity index is 1350. The first-order valence-corrected chi connectivity index (χ1v) is 11.9. The maximum atomic E-state index is 12.4. The highest BCUT2D eigenvalue weighted by atomic mass is 32.2. The molecule has 0 bridgehead atoms. The summed E-state index contributed by atoms with van der Waals surface area (Å²) in [4.78, 5) is 23.9. The van der Waals surface area contributed by atoms with E-state index in [0.717, 1.165) is 22.6 Å². The van der Waals surface area contributed by atoms with E-state index >= 15 is 0 Å². The second kappa shape index (κ2) is 11.8. The summed E-state index contributed by atoms with van der Waals surface area (Å²) in [5.41, 5.74) is 5.41. The number of rotatable bonds is 9. The van der Waals surface area contributed by atoms with Crippen LogP contribution < -0.4 is 10.2 Å². The number of methoxy groups -OCH3 is 2. The van der Waals surface area contributed by atoms with Gasteiger partial charge in [-0.2, -0.15) is 5.10 Å². The van der Waals surface area contributed by atoms with Gasteiger partial charge in [0.2, 0.25) is 0 Å². The predicted molar refractivity (Wildman–Crippen MR) is 138 cm³/mol. The number of hydrazone groups is 1.